The molecule has 1 aliphatic heterocycles. The third-order valence-electron chi connectivity index (χ3n) is 4.05. The summed E-state index contributed by atoms with van der Waals surface area (Å²) in [5.74, 6) is 1.41. The highest BCUT2D eigenvalue weighted by Gasteiger charge is 2.16. The van der Waals surface area contributed by atoms with Crippen molar-refractivity contribution in [1.82, 2.24) is 9.62 Å². The molecule has 1 atom stereocenters. The maximum atomic E-state index is 12.2. The molecule has 1 fully saturated rings. The van der Waals surface area contributed by atoms with Crippen LogP contribution in [0.5, 0.6) is 5.75 Å². The minimum absolute atomic E-state index is 0.278. The fourth-order valence-electron chi connectivity index (χ4n) is 2.84. The number of methoxy groups -OCH3 is 1. The molecule has 0 amide bonds. The van der Waals surface area contributed by atoms with Crippen LogP contribution in [-0.2, 0) is 10.0 Å². The molecule has 0 spiro atoms. The molecule has 1 aromatic rings. The van der Waals surface area contributed by atoms with Crippen molar-refractivity contribution >= 4 is 10.0 Å². The average molecular weight is 326 g/mol. The van der Waals surface area contributed by atoms with Crippen molar-refractivity contribution in [1.29, 1.82) is 0 Å². The SMILES string of the molecule is COc1ccc(S(=O)(=O)NCCCN2CCC[C@@H](C)C2)cc1. The van der Waals surface area contributed by atoms with E-state index in [9.17, 15) is 8.42 Å². The molecular weight excluding hydrogens is 300 g/mol. The molecule has 0 radical (unpaired) electrons. The third-order valence-corrected chi connectivity index (χ3v) is 5.53. The first-order valence-corrected chi connectivity index (χ1v) is 9.35. The molecule has 1 saturated heterocycles. The Labute approximate surface area is 133 Å². The van der Waals surface area contributed by atoms with Crippen LogP contribution in [0, 0.1) is 5.92 Å². The van der Waals surface area contributed by atoms with Gasteiger partial charge in [-0.15, -0.1) is 0 Å². The van der Waals surface area contributed by atoms with Gasteiger partial charge in [-0.1, -0.05) is 6.92 Å². The average Bonchev–Trinajstić information content (AvgIpc) is 2.52. The molecule has 0 aliphatic carbocycles. The molecule has 0 aromatic heterocycles. The second-order valence-electron chi connectivity index (χ2n) is 5.97. The van der Waals surface area contributed by atoms with Crippen LogP contribution in [0.1, 0.15) is 26.2 Å². The standard InChI is InChI=1S/C16H26N2O3S/c1-14-5-3-11-18(13-14)12-4-10-17-22(19,20)16-8-6-15(21-2)7-9-16/h6-9,14,17H,3-5,10-13H2,1-2H3/t14-/m1/s1. The monoisotopic (exact) mass is 326 g/mol. The zero-order chi connectivity index (χ0) is 16.0. The summed E-state index contributed by atoms with van der Waals surface area (Å²) >= 11 is 0. The Hall–Kier alpha value is -1.11. The van der Waals surface area contributed by atoms with Crippen LogP contribution in [-0.4, -0.2) is 46.6 Å². The number of likely N-dealkylation sites (tertiary alicyclic amines) is 1. The van der Waals surface area contributed by atoms with E-state index >= 15 is 0 Å². The van der Waals surface area contributed by atoms with Crippen molar-refractivity contribution in [3.63, 3.8) is 0 Å². The first kappa shape index (κ1) is 17.2. The molecule has 1 aromatic carbocycles. The molecule has 22 heavy (non-hydrogen) atoms. The quantitative estimate of drug-likeness (QED) is 0.780. The van der Waals surface area contributed by atoms with E-state index in [1.54, 1.807) is 31.4 Å². The Morgan fingerprint density at radius 1 is 1.32 bits per heavy atom. The maximum absolute atomic E-state index is 12.2. The Bertz CT molecular complexity index is 557. The molecule has 1 N–H and O–H groups in total. The lowest BCUT2D eigenvalue weighted by Gasteiger charge is -2.30. The topological polar surface area (TPSA) is 58.6 Å². The lowest BCUT2D eigenvalue weighted by Crippen LogP contribution is -2.36. The van der Waals surface area contributed by atoms with Crippen LogP contribution in [0.25, 0.3) is 0 Å². The van der Waals surface area contributed by atoms with Gasteiger partial charge in [0.15, 0.2) is 0 Å². The summed E-state index contributed by atoms with van der Waals surface area (Å²) in [7, 11) is -1.86. The zero-order valence-corrected chi connectivity index (χ0v) is 14.2. The van der Waals surface area contributed by atoms with Gasteiger partial charge in [0.25, 0.3) is 0 Å². The van der Waals surface area contributed by atoms with Gasteiger partial charge in [-0.3, -0.25) is 0 Å². The molecule has 5 nitrogen and oxygen atoms in total. The van der Waals surface area contributed by atoms with E-state index in [0.29, 0.717) is 12.3 Å². The van der Waals surface area contributed by atoms with Gasteiger partial charge in [-0.05, 0) is 62.5 Å². The number of piperidine rings is 1. The molecule has 0 unspecified atom stereocenters. The highest BCUT2D eigenvalue weighted by molar-refractivity contribution is 7.89. The third kappa shape index (κ3) is 4.97. The molecular formula is C16H26N2O3S. The number of nitrogens with zero attached hydrogens (tertiary/aromatic N) is 1. The van der Waals surface area contributed by atoms with Crippen LogP contribution in [0.4, 0.5) is 0 Å². The van der Waals surface area contributed by atoms with Gasteiger partial charge >= 0.3 is 0 Å². The summed E-state index contributed by atoms with van der Waals surface area (Å²) in [6, 6.07) is 6.44. The van der Waals surface area contributed by atoms with Crippen molar-refractivity contribution in [3.05, 3.63) is 24.3 Å². The van der Waals surface area contributed by atoms with E-state index in [1.165, 1.54) is 12.8 Å². The Kier molecular flexibility index (Phi) is 6.23. The summed E-state index contributed by atoms with van der Waals surface area (Å²) in [4.78, 5) is 2.70. The molecule has 124 valence electrons. The van der Waals surface area contributed by atoms with E-state index < -0.39 is 10.0 Å². The number of hydrogen-bond acceptors (Lipinski definition) is 4. The maximum Gasteiger partial charge on any atom is 0.240 e. The van der Waals surface area contributed by atoms with Gasteiger partial charge < -0.3 is 9.64 Å². The van der Waals surface area contributed by atoms with E-state index in [-0.39, 0.29) is 4.90 Å². The summed E-state index contributed by atoms with van der Waals surface area (Å²) < 4.78 is 32.0. The number of benzene rings is 1. The number of sulfonamides is 1. The second-order valence-corrected chi connectivity index (χ2v) is 7.74. The summed E-state index contributed by atoms with van der Waals surface area (Å²) in [5, 5.41) is 0. The molecule has 1 heterocycles. The first-order valence-electron chi connectivity index (χ1n) is 7.87. The van der Waals surface area contributed by atoms with Crippen LogP contribution in [0.3, 0.4) is 0 Å². The van der Waals surface area contributed by atoms with Gasteiger partial charge in [0.05, 0.1) is 12.0 Å². The van der Waals surface area contributed by atoms with E-state index in [0.717, 1.165) is 32.0 Å². The van der Waals surface area contributed by atoms with Gasteiger partial charge in [0.2, 0.25) is 10.0 Å². The van der Waals surface area contributed by atoms with E-state index in [4.69, 9.17) is 4.74 Å². The Balaban J connectivity index is 1.77. The smallest absolute Gasteiger partial charge is 0.240 e. The van der Waals surface area contributed by atoms with E-state index in [1.807, 2.05) is 0 Å². The molecule has 1 aliphatic rings. The largest absolute Gasteiger partial charge is 0.497 e. The predicted molar refractivity (Wildman–Crippen MR) is 87.6 cm³/mol. The Morgan fingerprint density at radius 3 is 2.68 bits per heavy atom. The Morgan fingerprint density at radius 2 is 2.05 bits per heavy atom. The summed E-state index contributed by atoms with van der Waals surface area (Å²) in [5.41, 5.74) is 0. The lowest BCUT2D eigenvalue weighted by atomic mass is 10.0. The van der Waals surface area contributed by atoms with Crippen LogP contribution >= 0.6 is 0 Å². The minimum Gasteiger partial charge on any atom is -0.497 e. The highest BCUT2D eigenvalue weighted by Crippen LogP contribution is 2.16. The molecule has 0 bridgehead atoms. The number of ether oxygens (including phenoxy) is 1. The summed E-state index contributed by atoms with van der Waals surface area (Å²) in [6.07, 6.45) is 3.39. The molecule has 2 rings (SSSR count). The van der Waals surface area contributed by atoms with Gasteiger partial charge in [0.1, 0.15) is 5.75 Å². The van der Waals surface area contributed by atoms with Crippen molar-refractivity contribution in [2.45, 2.75) is 31.1 Å². The van der Waals surface area contributed by atoms with E-state index in [2.05, 4.69) is 16.5 Å². The number of rotatable bonds is 7. The zero-order valence-electron chi connectivity index (χ0n) is 13.4. The lowest BCUT2D eigenvalue weighted by molar-refractivity contribution is 0.182. The second kappa shape index (κ2) is 7.94. The highest BCUT2D eigenvalue weighted by atomic mass is 32.2. The number of nitrogens with one attached hydrogen (secondary N) is 1. The van der Waals surface area contributed by atoms with Crippen molar-refractivity contribution in [3.8, 4) is 5.75 Å². The molecule has 6 heteroatoms. The van der Waals surface area contributed by atoms with Crippen LogP contribution in [0.15, 0.2) is 29.2 Å². The van der Waals surface area contributed by atoms with Crippen molar-refractivity contribution < 1.29 is 13.2 Å². The van der Waals surface area contributed by atoms with Crippen LogP contribution in [0.2, 0.25) is 0 Å². The minimum atomic E-state index is -3.42. The van der Waals surface area contributed by atoms with Gasteiger partial charge in [0, 0.05) is 13.1 Å². The van der Waals surface area contributed by atoms with Crippen molar-refractivity contribution in [2.24, 2.45) is 5.92 Å². The van der Waals surface area contributed by atoms with Gasteiger partial charge in [-0.25, -0.2) is 13.1 Å². The number of hydrogen-bond donors (Lipinski definition) is 1. The normalized spacial score (nSPS) is 20.0. The fourth-order valence-corrected chi connectivity index (χ4v) is 3.91. The first-order chi connectivity index (χ1) is 10.5. The van der Waals surface area contributed by atoms with Crippen molar-refractivity contribution in [2.75, 3.05) is 33.3 Å². The molecule has 0 saturated carbocycles. The van der Waals surface area contributed by atoms with Crippen LogP contribution < -0.4 is 9.46 Å². The van der Waals surface area contributed by atoms with Gasteiger partial charge in [-0.2, -0.15) is 0 Å². The fraction of sp³-hybridized carbons (Fsp3) is 0.625. The predicted octanol–water partition coefficient (Wildman–Crippen LogP) is 2.10. The summed E-state index contributed by atoms with van der Waals surface area (Å²) in [6.45, 7) is 5.97.